The number of halogens is 3. The first-order valence-corrected chi connectivity index (χ1v) is 15.3. The number of nitrogens with zero attached hydrogens (tertiary/aromatic N) is 2. The lowest BCUT2D eigenvalue weighted by atomic mass is 10.2. The standard InChI is InChI=1S/C27H33N2O3S.C2H3F3O3S/c1-27(2,3)32-26(30)31-22-9-8-10-25(19-22)33(23-15-11-20(12-16-23)28(4)5)24-17-13-21(14-18-24)29(6)7;3-2(4,5)1-9(6,7)8/h8-19H,1-7H3;1H2,(H,6,7,8)/q+1;/p-1. The Hall–Kier alpha value is -3.42. The first-order chi connectivity index (χ1) is 19.2. The average Bonchev–Trinajstić information content (AvgIpc) is 2.82. The quantitative estimate of drug-likeness (QED) is 0.130. The summed E-state index contributed by atoms with van der Waals surface area (Å²) in [5.74, 6) is -1.82. The number of ether oxygens (including phenoxy) is 2. The summed E-state index contributed by atoms with van der Waals surface area (Å²) in [6.07, 6.45) is -5.62. The molecule has 0 radical (unpaired) electrons. The van der Waals surface area contributed by atoms with Gasteiger partial charge in [0.05, 0.1) is 10.9 Å². The third kappa shape index (κ3) is 12.2. The molecular formula is C29H35F3N2O6S2. The van der Waals surface area contributed by atoms with Gasteiger partial charge in [-0.15, -0.1) is 0 Å². The SMILES string of the molecule is CN(C)c1ccc([S+](c2ccc(N(C)C)cc2)c2cccc(OC(=O)OC(C)(C)C)c2)cc1.O=S(=O)([O-])CC(F)(F)F. The lowest BCUT2D eigenvalue weighted by Crippen LogP contribution is -2.26. The number of alkyl halides is 3. The minimum absolute atomic E-state index is 0.371. The topological polar surface area (TPSA) is 99.2 Å². The van der Waals surface area contributed by atoms with E-state index in [9.17, 15) is 30.9 Å². The number of carbonyl (C=O) groups excluding carboxylic acids is 1. The van der Waals surface area contributed by atoms with E-state index in [4.69, 9.17) is 9.47 Å². The zero-order chi connectivity index (χ0) is 31.9. The van der Waals surface area contributed by atoms with E-state index in [1.165, 1.54) is 9.79 Å². The largest absolute Gasteiger partial charge is 0.748 e. The van der Waals surface area contributed by atoms with E-state index in [1.807, 2.05) is 61.1 Å². The number of carbonyl (C=O) groups is 1. The fraction of sp³-hybridized carbons (Fsp3) is 0.345. The van der Waals surface area contributed by atoms with Gasteiger partial charge in [0.15, 0.2) is 14.7 Å². The van der Waals surface area contributed by atoms with Gasteiger partial charge >= 0.3 is 12.3 Å². The van der Waals surface area contributed by atoms with Crippen molar-refractivity contribution in [2.45, 2.75) is 47.2 Å². The number of benzene rings is 3. The van der Waals surface area contributed by atoms with Crippen LogP contribution in [0, 0.1) is 0 Å². The maximum Gasteiger partial charge on any atom is 0.514 e. The molecule has 13 heteroatoms. The van der Waals surface area contributed by atoms with E-state index in [0.29, 0.717) is 5.75 Å². The van der Waals surface area contributed by atoms with Crippen LogP contribution in [0.25, 0.3) is 0 Å². The Balaban J connectivity index is 0.000000592. The van der Waals surface area contributed by atoms with Gasteiger partial charge in [-0.25, -0.2) is 13.2 Å². The summed E-state index contributed by atoms with van der Waals surface area (Å²) in [5.41, 5.74) is 1.68. The van der Waals surface area contributed by atoms with Crippen molar-refractivity contribution >= 4 is 38.5 Å². The molecule has 0 bridgehead atoms. The molecule has 0 N–H and O–H groups in total. The van der Waals surface area contributed by atoms with Crippen molar-refractivity contribution < 1.29 is 40.4 Å². The van der Waals surface area contributed by atoms with Crippen molar-refractivity contribution in [2.75, 3.05) is 43.7 Å². The third-order valence-corrected chi connectivity index (χ3v) is 8.04. The predicted octanol–water partition coefficient (Wildman–Crippen LogP) is 6.32. The number of hydrogen-bond donors (Lipinski definition) is 0. The van der Waals surface area contributed by atoms with Crippen molar-refractivity contribution in [1.29, 1.82) is 0 Å². The van der Waals surface area contributed by atoms with Crippen molar-refractivity contribution in [3.63, 3.8) is 0 Å². The highest BCUT2D eigenvalue weighted by atomic mass is 32.2. The van der Waals surface area contributed by atoms with E-state index >= 15 is 0 Å². The molecule has 3 aromatic carbocycles. The van der Waals surface area contributed by atoms with Gasteiger partial charge in [0.1, 0.15) is 27.2 Å². The highest BCUT2D eigenvalue weighted by Crippen LogP contribution is 2.34. The molecule has 0 atom stereocenters. The van der Waals surface area contributed by atoms with E-state index < -0.39 is 33.8 Å². The Morgan fingerprint density at radius 2 is 1.26 bits per heavy atom. The molecule has 0 unspecified atom stereocenters. The van der Waals surface area contributed by atoms with Gasteiger partial charge in [0.2, 0.25) is 0 Å². The number of hydrogen-bond acceptors (Lipinski definition) is 8. The molecule has 230 valence electrons. The number of anilines is 2. The molecule has 3 rings (SSSR count). The molecular weight excluding hydrogens is 593 g/mol. The summed E-state index contributed by atoms with van der Waals surface area (Å²) < 4.78 is 71.8. The first kappa shape index (κ1) is 34.8. The van der Waals surface area contributed by atoms with Crippen LogP contribution in [0.4, 0.5) is 29.3 Å². The van der Waals surface area contributed by atoms with Gasteiger partial charge in [0, 0.05) is 45.6 Å². The highest BCUT2D eigenvalue weighted by molar-refractivity contribution is 7.97. The Kier molecular flexibility index (Phi) is 11.7. The second-order valence-electron chi connectivity index (χ2n) is 10.4. The van der Waals surface area contributed by atoms with Crippen molar-refractivity contribution in [3.8, 4) is 5.75 Å². The lowest BCUT2D eigenvalue weighted by molar-refractivity contribution is -0.107. The van der Waals surface area contributed by atoms with Gasteiger partial charge in [-0.1, -0.05) is 6.07 Å². The van der Waals surface area contributed by atoms with Crippen LogP contribution in [0.3, 0.4) is 0 Å². The molecule has 0 saturated heterocycles. The lowest BCUT2D eigenvalue weighted by Gasteiger charge is -2.18. The molecule has 0 heterocycles. The molecule has 0 aliphatic heterocycles. The van der Waals surface area contributed by atoms with Crippen LogP contribution in [-0.2, 0) is 25.7 Å². The van der Waals surface area contributed by atoms with Crippen molar-refractivity contribution in [2.24, 2.45) is 0 Å². The van der Waals surface area contributed by atoms with E-state index in [2.05, 4.69) is 64.4 Å². The molecule has 42 heavy (non-hydrogen) atoms. The molecule has 0 saturated carbocycles. The predicted molar refractivity (Wildman–Crippen MR) is 158 cm³/mol. The number of rotatable bonds is 7. The summed E-state index contributed by atoms with van der Waals surface area (Å²) in [6.45, 7) is 5.45. The third-order valence-electron chi connectivity index (χ3n) is 5.15. The van der Waals surface area contributed by atoms with Crippen LogP contribution in [0.2, 0.25) is 0 Å². The minimum atomic E-state index is -5.16. The zero-order valence-corrected chi connectivity index (χ0v) is 26.1. The van der Waals surface area contributed by atoms with Gasteiger partial charge < -0.3 is 23.8 Å². The van der Waals surface area contributed by atoms with Gasteiger partial charge in [-0.05, 0) is 81.4 Å². The molecule has 0 aromatic heterocycles. The Bertz CT molecular complexity index is 1370. The molecule has 0 spiro atoms. The summed E-state index contributed by atoms with van der Waals surface area (Å²) in [4.78, 5) is 19.8. The first-order valence-electron chi connectivity index (χ1n) is 12.5. The van der Waals surface area contributed by atoms with Crippen LogP contribution in [0.15, 0.2) is 87.5 Å². The van der Waals surface area contributed by atoms with E-state index in [-0.39, 0.29) is 10.9 Å². The maximum atomic E-state index is 12.2. The van der Waals surface area contributed by atoms with Crippen LogP contribution in [-0.4, -0.2) is 64.8 Å². The normalized spacial score (nSPS) is 11.8. The Labute approximate surface area is 248 Å². The fourth-order valence-electron chi connectivity index (χ4n) is 3.40. The molecule has 0 aliphatic rings. The zero-order valence-electron chi connectivity index (χ0n) is 24.4. The highest BCUT2D eigenvalue weighted by Gasteiger charge is 2.31. The van der Waals surface area contributed by atoms with Crippen LogP contribution >= 0.6 is 0 Å². The van der Waals surface area contributed by atoms with Gasteiger partial charge in [-0.3, -0.25) is 0 Å². The molecule has 8 nitrogen and oxygen atoms in total. The smallest absolute Gasteiger partial charge is 0.514 e. The van der Waals surface area contributed by atoms with Crippen molar-refractivity contribution in [3.05, 3.63) is 72.8 Å². The summed E-state index contributed by atoms with van der Waals surface area (Å²) in [7, 11) is 2.61. The molecule has 3 aromatic rings. The second-order valence-corrected chi connectivity index (χ2v) is 13.9. The summed E-state index contributed by atoms with van der Waals surface area (Å²) in [6, 6.07) is 24.9. The second kappa shape index (κ2) is 14.2. The van der Waals surface area contributed by atoms with Crippen LogP contribution < -0.4 is 14.5 Å². The average molecular weight is 629 g/mol. The Morgan fingerprint density at radius 3 is 1.60 bits per heavy atom. The van der Waals surface area contributed by atoms with E-state index in [1.54, 1.807) is 6.07 Å². The summed E-state index contributed by atoms with van der Waals surface area (Å²) in [5, 5.41) is 0. The van der Waals surface area contributed by atoms with Crippen LogP contribution in [0.1, 0.15) is 20.8 Å². The molecule has 0 fully saturated rings. The van der Waals surface area contributed by atoms with Gasteiger partial charge in [-0.2, -0.15) is 13.2 Å². The fourth-order valence-corrected chi connectivity index (χ4v) is 5.88. The minimum Gasteiger partial charge on any atom is -0.748 e. The van der Waals surface area contributed by atoms with Crippen LogP contribution in [0.5, 0.6) is 5.75 Å². The molecule has 0 amide bonds. The molecule has 0 aliphatic carbocycles. The Morgan fingerprint density at radius 1 is 0.810 bits per heavy atom. The van der Waals surface area contributed by atoms with Crippen molar-refractivity contribution in [1.82, 2.24) is 0 Å². The maximum absolute atomic E-state index is 12.2. The van der Waals surface area contributed by atoms with E-state index in [0.717, 1.165) is 16.3 Å². The monoisotopic (exact) mass is 628 g/mol. The summed E-state index contributed by atoms with van der Waals surface area (Å²) >= 11 is 0. The van der Waals surface area contributed by atoms with Gasteiger partial charge in [0.25, 0.3) is 0 Å².